The summed E-state index contributed by atoms with van der Waals surface area (Å²) in [5.41, 5.74) is -0.932. The Morgan fingerprint density at radius 3 is 2.20 bits per heavy atom. The lowest BCUT2D eigenvalue weighted by atomic mass is 10.1. The third kappa shape index (κ3) is 9.47. The second-order valence-electron chi connectivity index (χ2n) is 6.36. The average Bonchev–Trinajstić information content (AvgIpc) is 2.25. The Bertz CT molecular complexity index is 333. The van der Waals surface area contributed by atoms with Crippen LogP contribution in [0.2, 0.25) is 0 Å². The number of nitrogens with zero attached hydrogens (tertiary/aromatic N) is 1. The van der Waals surface area contributed by atoms with Crippen molar-refractivity contribution in [1.29, 1.82) is 0 Å². The number of guanidine groups is 1. The maximum Gasteiger partial charge on any atom is 0.408 e. The standard InChI is InChI=1S/C14H30N4O2/c1-8-9-16-11(15-7)17-10-14(5,6)18-12(19)20-13(2,3)4/h8-10H2,1-7H3,(H,18,19)(H2,15,16,17). The van der Waals surface area contributed by atoms with Gasteiger partial charge in [-0.2, -0.15) is 0 Å². The van der Waals surface area contributed by atoms with E-state index in [0.29, 0.717) is 6.54 Å². The molecule has 0 rings (SSSR count). The van der Waals surface area contributed by atoms with E-state index in [0.717, 1.165) is 18.9 Å². The van der Waals surface area contributed by atoms with Gasteiger partial charge in [0, 0.05) is 20.1 Å². The molecule has 1 amide bonds. The van der Waals surface area contributed by atoms with Gasteiger partial charge < -0.3 is 20.7 Å². The molecule has 0 bridgehead atoms. The van der Waals surface area contributed by atoms with Gasteiger partial charge in [-0.15, -0.1) is 0 Å². The molecule has 6 nitrogen and oxygen atoms in total. The van der Waals surface area contributed by atoms with Gasteiger partial charge in [0.25, 0.3) is 0 Å². The van der Waals surface area contributed by atoms with Crippen molar-refractivity contribution in [2.45, 2.75) is 59.1 Å². The van der Waals surface area contributed by atoms with Gasteiger partial charge in [0.05, 0.1) is 5.54 Å². The number of nitrogens with one attached hydrogen (secondary N) is 3. The van der Waals surface area contributed by atoms with Crippen LogP contribution in [0.5, 0.6) is 0 Å². The summed E-state index contributed by atoms with van der Waals surface area (Å²) in [6, 6.07) is 0. The van der Waals surface area contributed by atoms with Crippen molar-refractivity contribution in [2.75, 3.05) is 20.1 Å². The van der Waals surface area contributed by atoms with Gasteiger partial charge in [-0.3, -0.25) is 4.99 Å². The molecule has 6 heteroatoms. The van der Waals surface area contributed by atoms with E-state index in [1.54, 1.807) is 7.05 Å². The smallest absolute Gasteiger partial charge is 0.408 e. The molecule has 0 aromatic carbocycles. The SMILES string of the molecule is CCCNC(=NC)NCC(C)(C)NC(=O)OC(C)(C)C. The molecule has 0 heterocycles. The zero-order valence-electron chi connectivity index (χ0n) is 13.9. The van der Waals surface area contributed by atoms with E-state index in [2.05, 4.69) is 27.9 Å². The third-order valence-corrected chi connectivity index (χ3v) is 2.30. The molecule has 118 valence electrons. The Morgan fingerprint density at radius 2 is 1.75 bits per heavy atom. The first kappa shape index (κ1) is 18.5. The van der Waals surface area contributed by atoms with Gasteiger partial charge in [0.1, 0.15) is 5.60 Å². The van der Waals surface area contributed by atoms with Crippen LogP contribution in [0.4, 0.5) is 4.79 Å². The van der Waals surface area contributed by atoms with E-state index in [1.165, 1.54) is 0 Å². The summed E-state index contributed by atoms with van der Waals surface area (Å²) in [6.07, 6.45) is 0.612. The van der Waals surface area contributed by atoms with Gasteiger partial charge in [-0.25, -0.2) is 4.79 Å². The van der Waals surface area contributed by atoms with Crippen molar-refractivity contribution in [3.8, 4) is 0 Å². The van der Waals surface area contributed by atoms with Crippen molar-refractivity contribution in [3.05, 3.63) is 0 Å². The summed E-state index contributed by atoms with van der Waals surface area (Å²) in [5, 5.41) is 9.20. The zero-order valence-corrected chi connectivity index (χ0v) is 13.9. The number of hydrogen-bond donors (Lipinski definition) is 3. The summed E-state index contributed by atoms with van der Waals surface area (Å²) >= 11 is 0. The fourth-order valence-corrected chi connectivity index (χ4v) is 1.39. The lowest BCUT2D eigenvalue weighted by Gasteiger charge is -2.29. The summed E-state index contributed by atoms with van der Waals surface area (Å²) in [4.78, 5) is 15.9. The molecule has 0 saturated carbocycles. The van der Waals surface area contributed by atoms with E-state index in [-0.39, 0.29) is 0 Å². The molecule has 0 fully saturated rings. The molecule has 0 radical (unpaired) electrons. The second kappa shape index (κ2) is 7.97. The molecule has 20 heavy (non-hydrogen) atoms. The Labute approximate surface area is 122 Å². The van der Waals surface area contributed by atoms with Gasteiger partial charge in [-0.05, 0) is 41.0 Å². The number of alkyl carbamates (subject to hydrolysis) is 1. The van der Waals surface area contributed by atoms with Gasteiger partial charge >= 0.3 is 6.09 Å². The monoisotopic (exact) mass is 286 g/mol. The minimum Gasteiger partial charge on any atom is -0.444 e. The lowest BCUT2D eigenvalue weighted by molar-refractivity contribution is 0.0474. The van der Waals surface area contributed by atoms with Crippen LogP contribution < -0.4 is 16.0 Å². The molecule has 0 spiro atoms. The van der Waals surface area contributed by atoms with Crippen LogP contribution in [-0.2, 0) is 4.74 Å². The van der Waals surface area contributed by atoms with Gasteiger partial charge in [0.2, 0.25) is 0 Å². The predicted octanol–water partition coefficient (Wildman–Crippen LogP) is 1.86. The molecule has 0 aliphatic rings. The number of carbonyl (C=O) groups is 1. The number of aliphatic imine (C=N–C) groups is 1. The molecule has 0 aliphatic carbocycles. The van der Waals surface area contributed by atoms with Crippen LogP contribution in [-0.4, -0.2) is 43.3 Å². The van der Waals surface area contributed by atoms with Crippen molar-refractivity contribution in [1.82, 2.24) is 16.0 Å². The van der Waals surface area contributed by atoms with Crippen molar-refractivity contribution < 1.29 is 9.53 Å². The van der Waals surface area contributed by atoms with Crippen LogP contribution in [0, 0.1) is 0 Å². The second-order valence-corrected chi connectivity index (χ2v) is 6.36. The highest BCUT2D eigenvalue weighted by atomic mass is 16.6. The fraction of sp³-hybridized carbons (Fsp3) is 0.857. The van der Waals surface area contributed by atoms with E-state index in [4.69, 9.17) is 4.74 Å². The number of hydrogen-bond acceptors (Lipinski definition) is 3. The molecule has 0 unspecified atom stereocenters. The summed E-state index contributed by atoms with van der Waals surface area (Å²) < 4.78 is 5.25. The number of amides is 1. The van der Waals surface area contributed by atoms with Crippen molar-refractivity contribution in [2.24, 2.45) is 4.99 Å². The van der Waals surface area contributed by atoms with E-state index >= 15 is 0 Å². The first-order valence-corrected chi connectivity index (χ1v) is 7.05. The molecular formula is C14H30N4O2. The zero-order chi connectivity index (χ0) is 15.8. The van der Waals surface area contributed by atoms with Crippen molar-refractivity contribution >= 4 is 12.1 Å². The topological polar surface area (TPSA) is 74.8 Å². The fourth-order valence-electron chi connectivity index (χ4n) is 1.39. The first-order valence-electron chi connectivity index (χ1n) is 7.05. The molecular weight excluding hydrogens is 256 g/mol. The van der Waals surface area contributed by atoms with Crippen LogP contribution in [0.15, 0.2) is 4.99 Å². The average molecular weight is 286 g/mol. The van der Waals surface area contributed by atoms with E-state index in [1.807, 2.05) is 34.6 Å². The summed E-state index contributed by atoms with van der Waals surface area (Å²) in [5.74, 6) is 0.728. The molecule has 0 aromatic heterocycles. The van der Waals surface area contributed by atoms with E-state index in [9.17, 15) is 4.79 Å². The quantitative estimate of drug-likeness (QED) is 0.533. The Balaban J connectivity index is 4.27. The van der Waals surface area contributed by atoms with Gasteiger partial charge in [0.15, 0.2) is 5.96 Å². The highest BCUT2D eigenvalue weighted by molar-refractivity contribution is 5.79. The molecule has 0 aromatic rings. The Hall–Kier alpha value is -1.46. The predicted molar refractivity (Wildman–Crippen MR) is 83.1 cm³/mol. The van der Waals surface area contributed by atoms with Crippen LogP contribution in [0.1, 0.15) is 48.0 Å². The Kier molecular flexibility index (Phi) is 7.39. The number of ether oxygens (including phenoxy) is 1. The van der Waals surface area contributed by atoms with Crippen LogP contribution in [0.3, 0.4) is 0 Å². The molecule has 0 saturated heterocycles. The minimum absolute atomic E-state index is 0.416. The number of carbonyl (C=O) groups excluding carboxylic acids is 1. The maximum absolute atomic E-state index is 11.8. The maximum atomic E-state index is 11.8. The van der Waals surface area contributed by atoms with E-state index < -0.39 is 17.2 Å². The summed E-state index contributed by atoms with van der Waals surface area (Å²) in [6.45, 7) is 12.9. The van der Waals surface area contributed by atoms with Crippen LogP contribution >= 0.6 is 0 Å². The first-order chi connectivity index (χ1) is 9.09. The third-order valence-electron chi connectivity index (χ3n) is 2.30. The Morgan fingerprint density at radius 1 is 1.15 bits per heavy atom. The molecule has 3 N–H and O–H groups in total. The number of rotatable bonds is 5. The lowest BCUT2D eigenvalue weighted by Crippen LogP contribution is -2.54. The van der Waals surface area contributed by atoms with Crippen molar-refractivity contribution in [3.63, 3.8) is 0 Å². The van der Waals surface area contributed by atoms with Gasteiger partial charge in [-0.1, -0.05) is 6.92 Å². The summed E-state index contributed by atoms with van der Waals surface area (Å²) in [7, 11) is 1.72. The molecule has 0 atom stereocenters. The molecule has 0 aliphatic heterocycles. The highest BCUT2D eigenvalue weighted by Crippen LogP contribution is 2.08. The largest absolute Gasteiger partial charge is 0.444 e. The minimum atomic E-state index is -0.494. The normalized spacial score (nSPS) is 12.8. The highest BCUT2D eigenvalue weighted by Gasteiger charge is 2.24. The van der Waals surface area contributed by atoms with Crippen LogP contribution in [0.25, 0.3) is 0 Å².